The Morgan fingerprint density at radius 3 is 2.11 bits per heavy atom. The van der Waals surface area contributed by atoms with E-state index in [1.54, 1.807) is 11.6 Å². The van der Waals surface area contributed by atoms with Gasteiger partial charge < -0.3 is 10.2 Å². The zero-order valence-corrected chi connectivity index (χ0v) is 26.7. The van der Waals surface area contributed by atoms with Gasteiger partial charge in [-0.25, -0.2) is 9.59 Å². The largest absolute Gasteiger partial charge is 0.365 e. The molecule has 11 heteroatoms. The van der Waals surface area contributed by atoms with E-state index in [1.165, 1.54) is 23.8 Å². The predicted molar refractivity (Wildman–Crippen MR) is 180 cm³/mol. The highest BCUT2D eigenvalue weighted by molar-refractivity contribution is 6.05. The number of rotatable bonds is 6. The molecule has 4 heterocycles. The predicted octanol–water partition coefficient (Wildman–Crippen LogP) is 4.69. The fourth-order valence-corrected chi connectivity index (χ4v) is 7.59. The monoisotopic (exact) mass is 610 g/mol. The first-order valence-corrected chi connectivity index (χ1v) is 16.5. The number of benzene rings is 2. The highest BCUT2D eigenvalue weighted by Gasteiger charge is 2.28. The summed E-state index contributed by atoms with van der Waals surface area (Å²) in [6, 6.07) is 10.0. The summed E-state index contributed by atoms with van der Waals surface area (Å²) in [5.74, 6) is 1.53. The summed E-state index contributed by atoms with van der Waals surface area (Å²) in [5.41, 5.74) is 2.93. The minimum Gasteiger partial charge on any atom is -0.365 e. The van der Waals surface area contributed by atoms with Crippen molar-refractivity contribution in [3.8, 4) is 0 Å². The van der Waals surface area contributed by atoms with Gasteiger partial charge in [-0.15, -0.1) is 10.2 Å². The van der Waals surface area contributed by atoms with Crippen LogP contribution in [0.15, 0.2) is 44.7 Å². The summed E-state index contributed by atoms with van der Waals surface area (Å²) in [6.07, 6.45) is 7.16. The van der Waals surface area contributed by atoms with Gasteiger partial charge in [0.25, 0.3) is 5.56 Å². The average Bonchev–Trinajstić information content (AvgIpc) is 3.33. The highest BCUT2D eigenvalue weighted by Crippen LogP contribution is 2.35. The molecular weight excluding hydrogens is 568 g/mol. The Labute approximate surface area is 261 Å². The normalized spacial score (nSPS) is 16.8. The second-order valence-corrected chi connectivity index (χ2v) is 12.8. The van der Waals surface area contributed by atoms with E-state index < -0.39 is 0 Å². The molecular formula is C34H42N8O3. The van der Waals surface area contributed by atoms with E-state index in [0.717, 1.165) is 51.8 Å². The zero-order valence-electron chi connectivity index (χ0n) is 26.7. The van der Waals surface area contributed by atoms with Crippen molar-refractivity contribution in [1.29, 1.82) is 0 Å². The number of aromatic nitrogens is 6. The van der Waals surface area contributed by atoms with E-state index in [4.69, 9.17) is 10.2 Å². The van der Waals surface area contributed by atoms with Gasteiger partial charge in [0.1, 0.15) is 0 Å². The zero-order chi connectivity index (χ0) is 31.4. The Morgan fingerprint density at radius 2 is 1.44 bits per heavy atom. The molecule has 2 fully saturated rings. The first-order valence-electron chi connectivity index (χ1n) is 16.5. The number of nitrogens with zero attached hydrogens (tertiary/aromatic N) is 7. The molecule has 7 rings (SSSR count). The molecule has 2 aliphatic rings. The van der Waals surface area contributed by atoms with E-state index in [-0.39, 0.29) is 23.0 Å². The third kappa shape index (κ3) is 4.83. The minimum atomic E-state index is -0.279. The standard InChI is InChI=1S/C34H42N8O3/c1-5-40-28-19-24-25(20-29(28)41(6-2)34(40)45)31(37-36-30(24)35-22-10-8-7-9-11-22)39-16-14-23(15-17-39)42-32(43)26-18-21(3)12-13-27(26)38(4)33(42)44/h12-13,18-20,22-23H,5-11,14-17H2,1-4H3,(H,35,36). The lowest BCUT2D eigenvalue weighted by molar-refractivity contribution is 0.370. The van der Waals surface area contributed by atoms with Crippen LogP contribution in [-0.2, 0) is 20.1 Å². The first kappa shape index (κ1) is 29.3. The lowest BCUT2D eigenvalue weighted by Gasteiger charge is -2.34. The third-order valence-corrected chi connectivity index (χ3v) is 10.1. The molecule has 0 spiro atoms. The van der Waals surface area contributed by atoms with Crippen LogP contribution in [0.25, 0.3) is 32.7 Å². The number of anilines is 2. The summed E-state index contributed by atoms with van der Waals surface area (Å²) < 4.78 is 6.70. The quantitative estimate of drug-likeness (QED) is 0.297. The van der Waals surface area contributed by atoms with Gasteiger partial charge in [-0.2, -0.15) is 0 Å². The van der Waals surface area contributed by atoms with Crippen LogP contribution >= 0.6 is 0 Å². The smallest absolute Gasteiger partial charge is 0.331 e. The fraction of sp³-hybridized carbons (Fsp3) is 0.500. The lowest BCUT2D eigenvalue weighted by atomic mass is 9.95. The first-order chi connectivity index (χ1) is 21.8. The maximum Gasteiger partial charge on any atom is 0.331 e. The number of imidazole rings is 1. The molecule has 0 radical (unpaired) electrons. The molecule has 1 saturated heterocycles. The van der Waals surface area contributed by atoms with Crippen LogP contribution in [0.2, 0.25) is 0 Å². The summed E-state index contributed by atoms with van der Waals surface area (Å²) in [7, 11) is 1.73. The van der Waals surface area contributed by atoms with Crippen LogP contribution in [0.5, 0.6) is 0 Å². The minimum absolute atomic E-state index is 0.00650. The van der Waals surface area contributed by atoms with Gasteiger partial charge in [-0.3, -0.25) is 23.1 Å². The summed E-state index contributed by atoms with van der Waals surface area (Å²) in [4.78, 5) is 42.5. The third-order valence-electron chi connectivity index (χ3n) is 10.1. The summed E-state index contributed by atoms with van der Waals surface area (Å²) in [6.45, 7) is 8.37. The fourth-order valence-electron chi connectivity index (χ4n) is 7.59. The van der Waals surface area contributed by atoms with Crippen molar-refractivity contribution in [3.05, 3.63) is 67.2 Å². The van der Waals surface area contributed by atoms with Crippen molar-refractivity contribution in [2.24, 2.45) is 7.05 Å². The van der Waals surface area contributed by atoms with E-state index >= 15 is 0 Å². The van der Waals surface area contributed by atoms with Gasteiger partial charge in [0, 0.05) is 56.1 Å². The number of piperidine rings is 1. The maximum atomic E-state index is 13.6. The molecule has 1 saturated carbocycles. The van der Waals surface area contributed by atoms with Crippen LogP contribution in [0, 0.1) is 6.92 Å². The van der Waals surface area contributed by atoms with Crippen molar-refractivity contribution in [3.63, 3.8) is 0 Å². The van der Waals surface area contributed by atoms with E-state index in [2.05, 4.69) is 22.3 Å². The highest BCUT2D eigenvalue weighted by atomic mass is 16.2. The molecule has 1 aliphatic heterocycles. The van der Waals surface area contributed by atoms with E-state index in [9.17, 15) is 14.4 Å². The van der Waals surface area contributed by atoms with Crippen molar-refractivity contribution in [2.45, 2.75) is 90.9 Å². The Morgan fingerprint density at radius 1 is 0.778 bits per heavy atom. The second-order valence-electron chi connectivity index (χ2n) is 12.8. The molecule has 1 N–H and O–H groups in total. The molecule has 1 aliphatic carbocycles. The molecule has 0 bridgehead atoms. The lowest BCUT2D eigenvalue weighted by Crippen LogP contribution is -2.45. The molecule has 0 amide bonds. The topological polar surface area (TPSA) is 112 Å². The van der Waals surface area contributed by atoms with Gasteiger partial charge in [-0.1, -0.05) is 30.9 Å². The number of nitrogens with one attached hydrogen (secondary N) is 1. The molecule has 0 atom stereocenters. The number of hydrogen-bond acceptors (Lipinski definition) is 7. The summed E-state index contributed by atoms with van der Waals surface area (Å²) >= 11 is 0. The molecule has 0 unspecified atom stereocenters. The van der Waals surface area contributed by atoms with Crippen LogP contribution < -0.4 is 27.2 Å². The Hall–Kier alpha value is -4.41. The molecule has 3 aromatic heterocycles. The Bertz CT molecular complexity index is 2110. The molecule has 2 aromatic carbocycles. The molecule has 45 heavy (non-hydrogen) atoms. The number of fused-ring (bicyclic) bond motifs is 3. The average molecular weight is 611 g/mol. The second kappa shape index (κ2) is 11.5. The van der Waals surface area contributed by atoms with Gasteiger partial charge in [-0.05, 0) is 70.7 Å². The van der Waals surface area contributed by atoms with Crippen LogP contribution in [-0.4, -0.2) is 47.6 Å². The van der Waals surface area contributed by atoms with Gasteiger partial charge in [0.05, 0.1) is 21.9 Å². The molecule has 11 nitrogen and oxygen atoms in total. The number of aryl methyl sites for hydroxylation is 4. The van der Waals surface area contributed by atoms with Crippen molar-refractivity contribution in [2.75, 3.05) is 23.3 Å². The van der Waals surface area contributed by atoms with Gasteiger partial charge in [0.2, 0.25) is 0 Å². The van der Waals surface area contributed by atoms with E-state index in [1.807, 2.05) is 48.1 Å². The Kier molecular flexibility index (Phi) is 7.49. The van der Waals surface area contributed by atoms with E-state index in [0.29, 0.717) is 56.0 Å². The van der Waals surface area contributed by atoms with Crippen molar-refractivity contribution < 1.29 is 0 Å². The molecule has 236 valence electrons. The summed E-state index contributed by atoms with van der Waals surface area (Å²) in [5, 5.41) is 15.7. The Balaban J connectivity index is 1.28. The van der Waals surface area contributed by atoms with Crippen molar-refractivity contribution >= 4 is 44.3 Å². The van der Waals surface area contributed by atoms with Crippen LogP contribution in [0.3, 0.4) is 0 Å². The van der Waals surface area contributed by atoms with Gasteiger partial charge >= 0.3 is 11.4 Å². The van der Waals surface area contributed by atoms with Crippen LogP contribution in [0.4, 0.5) is 11.6 Å². The van der Waals surface area contributed by atoms with Crippen molar-refractivity contribution in [1.82, 2.24) is 28.5 Å². The maximum absolute atomic E-state index is 13.6. The SMILES string of the molecule is CCn1c(=O)n(CC)c2cc3c(N4CCC(n5c(=O)c6cc(C)ccc6n(C)c5=O)CC4)nnc(NC4CCCCC4)c3cc21. The number of hydrogen-bond donors (Lipinski definition) is 1. The van der Waals surface area contributed by atoms with Crippen LogP contribution in [0.1, 0.15) is 70.4 Å². The molecule has 5 aromatic rings. The van der Waals surface area contributed by atoms with Gasteiger partial charge in [0.15, 0.2) is 11.6 Å².